The fourth-order valence-electron chi connectivity index (χ4n) is 1.85. The molecule has 2 nitrogen and oxygen atoms in total. The second-order valence-electron chi connectivity index (χ2n) is 4.15. The number of amides is 1. The first-order valence-electron chi connectivity index (χ1n) is 5.72. The van der Waals surface area contributed by atoms with E-state index in [0.29, 0.717) is 11.6 Å². The number of carbonyl (C=O) groups is 1. The predicted molar refractivity (Wildman–Crippen MR) is 74.9 cm³/mol. The molecular formula is C15H14ClNO. The van der Waals surface area contributed by atoms with Gasteiger partial charge in [0.1, 0.15) is 0 Å². The van der Waals surface area contributed by atoms with Crippen LogP contribution in [0.15, 0.2) is 48.5 Å². The molecule has 0 aliphatic heterocycles. The van der Waals surface area contributed by atoms with Gasteiger partial charge in [-0.3, -0.25) is 4.79 Å². The van der Waals surface area contributed by atoms with Crippen LogP contribution in [0.3, 0.4) is 0 Å². The highest BCUT2D eigenvalue weighted by Crippen LogP contribution is 2.24. The van der Waals surface area contributed by atoms with Gasteiger partial charge in [-0.05, 0) is 30.2 Å². The van der Waals surface area contributed by atoms with E-state index in [2.05, 4.69) is 0 Å². The molecule has 0 heterocycles. The zero-order valence-electron chi connectivity index (χ0n) is 10.1. The number of nitrogens with zero attached hydrogens (tertiary/aromatic N) is 1. The molecule has 0 spiro atoms. The average molecular weight is 260 g/mol. The maximum absolute atomic E-state index is 11.3. The number of aryl methyl sites for hydroxylation is 1. The van der Waals surface area contributed by atoms with Crippen molar-refractivity contribution in [1.82, 2.24) is 0 Å². The lowest BCUT2D eigenvalue weighted by Crippen LogP contribution is -2.21. The van der Waals surface area contributed by atoms with Gasteiger partial charge < -0.3 is 4.90 Å². The zero-order chi connectivity index (χ0) is 13.0. The summed E-state index contributed by atoms with van der Waals surface area (Å²) in [5, 5.41) is 0.635. The Labute approximate surface area is 112 Å². The third kappa shape index (κ3) is 2.90. The molecule has 0 unspecified atom stereocenters. The quantitative estimate of drug-likeness (QED) is 0.765. The predicted octanol–water partition coefficient (Wildman–Crippen LogP) is 3.81. The van der Waals surface area contributed by atoms with E-state index in [4.69, 9.17) is 11.6 Å². The van der Waals surface area contributed by atoms with Crippen molar-refractivity contribution in [2.24, 2.45) is 0 Å². The molecule has 2 aromatic rings. The maximum Gasteiger partial charge on any atom is 0.214 e. The van der Waals surface area contributed by atoms with Crippen molar-refractivity contribution in [3.05, 3.63) is 64.7 Å². The molecule has 3 heteroatoms. The van der Waals surface area contributed by atoms with Crippen molar-refractivity contribution in [2.45, 2.75) is 13.5 Å². The molecule has 0 fully saturated rings. The molecule has 2 aromatic carbocycles. The Balaban J connectivity index is 2.28. The van der Waals surface area contributed by atoms with E-state index in [-0.39, 0.29) is 0 Å². The fourth-order valence-corrected chi connectivity index (χ4v) is 2.02. The molecule has 0 N–H and O–H groups in total. The first-order valence-corrected chi connectivity index (χ1v) is 6.10. The van der Waals surface area contributed by atoms with Gasteiger partial charge in [-0.2, -0.15) is 0 Å². The van der Waals surface area contributed by atoms with Gasteiger partial charge in [-0.25, -0.2) is 0 Å². The number of rotatable bonds is 4. The first kappa shape index (κ1) is 12.7. The molecule has 92 valence electrons. The van der Waals surface area contributed by atoms with Crippen LogP contribution >= 0.6 is 11.6 Å². The topological polar surface area (TPSA) is 20.3 Å². The van der Waals surface area contributed by atoms with E-state index in [1.165, 1.54) is 0 Å². The minimum Gasteiger partial charge on any atom is -0.310 e. The maximum atomic E-state index is 11.3. The van der Waals surface area contributed by atoms with Crippen LogP contribution in [0.4, 0.5) is 5.69 Å². The van der Waals surface area contributed by atoms with Crippen LogP contribution in [0.2, 0.25) is 5.02 Å². The Kier molecular flexibility index (Phi) is 4.00. The number of carbonyl (C=O) groups excluding carboxylic acids is 1. The zero-order valence-corrected chi connectivity index (χ0v) is 10.9. The SMILES string of the molecule is Cc1ccc(Cl)cc1N(C=O)Cc1ccccc1. The van der Waals surface area contributed by atoms with Gasteiger partial charge in [0.15, 0.2) is 0 Å². The standard InChI is InChI=1S/C15H14ClNO/c1-12-7-8-14(16)9-15(12)17(11-18)10-13-5-3-2-4-6-13/h2-9,11H,10H2,1H3. The summed E-state index contributed by atoms with van der Waals surface area (Å²) in [6.45, 7) is 2.51. The monoisotopic (exact) mass is 259 g/mol. The van der Waals surface area contributed by atoms with Crippen LogP contribution in [0.1, 0.15) is 11.1 Å². The van der Waals surface area contributed by atoms with Crippen LogP contribution in [-0.4, -0.2) is 6.41 Å². The van der Waals surface area contributed by atoms with Gasteiger partial charge in [-0.1, -0.05) is 48.0 Å². The molecule has 0 atom stereocenters. The summed E-state index contributed by atoms with van der Waals surface area (Å²) in [4.78, 5) is 12.9. The Hall–Kier alpha value is -1.80. The van der Waals surface area contributed by atoms with Gasteiger partial charge >= 0.3 is 0 Å². The number of benzene rings is 2. The second kappa shape index (κ2) is 5.69. The summed E-state index contributed by atoms with van der Waals surface area (Å²) in [5.41, 5.74) is 2.97. The minimum atomic E-state index is 0.547. The molecule has 18 heavy (non-hydrogen) atoms. The number of hydrogen-bond donors (Lipinski definition) is 0. The summed E-state index contributed by atoms with van der Waals surface area (Å²) in [7, 11) is 0. The molecule has 0 saturated carbocycles. The molecular weight excluding hydrogens is 246 g/mol. The van der Waals surface area contributed by atoms with E-state index >= 15 is 0 Å². The van der Waals surface area contributed by atoms with Gasteiger partial charge in [0.05, 0.1) is 6.54 Å². The van der Waals surface area contributed by atoms with Gasteiger partial charge in [-0.15, -0.1) is 0 Å². The lowest BCUT2D eigenvalue weighted by molar-refractivity contribution is -0.107. The van der Waals surface area contributed by atoms with Crippen LogP contribution in [0, 0.1) is 6.92 Å². The lowest BCUT2D eigenvalue weighted by Gasteiger charge is -2.20. The molecule has 0 aliphatic carbocycles. The highest BCUT2D eigenvalue weighted by atomic mass is 35.5. The molecule has 0 radical (unpaired) electrons. The molecule has 2 rings (SSSR count). The normalized spacial score (nSPS) is 10.1. The van der Waals surface area contributed by atoms with E-state index in [9.17, 15) is 4.79 Å². The number of halogens is 1. The largest absolute Gasteiger partial charge is 0.310 e. The third-order valence-electron chi connectivity index (χ3n) is 2.80. The van der Waals surface area contributed by atoms with Crippen LogP contribution in [-0.2, 0) is 11.3 Å². The minimum absolute atomic E-state index is 0.547. The highest BCUT2D eigenvalue weighted by Gasteiger charge is 2.09. The molecule has 0 aromatic heterocycles. The summed E-state index contributed by atoms with van der Waals surface area (Å²) in [6, 6.07) is 15.4. The van der Waals surface area contributed by atoms with Crippen LogP contribution in [0.5, 0.6) is 0 Å². The third-order valence-corrected chi connectivity index (χ3v) is 3.04. The van der Waals surface area contributed by atoms with Crippen LogP contribution < -0.4 is 4.90 Å². The molecule has 1 amide bonds. The van der Waals surface area contributed by atoms with Crippen molar-refractivity contribution in [3.63, 3.8) is 0 Å². The van der Waals surface area contributed by atoms with Crippen molar-refractivity contribution >= 4 is 23.7 Å². The smallest absolute Gasteiger partial charge is 0.214 e. The molecule has 0 aliphatic rings. The van der Waals surface area contributed by atoms with Crippen LogP contribution in [0.25, 0.3) is 0 Å². The second-order valence-corrected chi connectivity index (χ2v) is 4.59. The Morgan fingerprint density at radius 2 is 1.89 bits per heavy atom. The molecule has 0 bridgehead atoms. The Bertz CT molecular complexity index is 539. The van der Waals surface area contributed by atoms with Gasteiger partial charge in [0.2, 0.25) is 6.41 Å². The average Bonchev–Trinajstić information content (AvgIpc) is 2.40. The number of anilines is 1. The number of hydrogen-bond acceptors (Lipinski definition) is 1. The molecule has 0 saturated heterocycles. The summed E-state index contributed by atoms with van der Waals surface area (Å²) >= 11 is 5.98. The first-order chi connectivity index (χ1) is 8.70. The van der Waals surface area contributed by atoms with Gasteiger partial charge in [0.25, 0.3) is 0 Å². The Morgan fingerprint density at radius 3 is 2.56 bits per heavy atom. The van der Waals surface area contributed by atoms with Crippen molar-refractivity contribution < 1.29 is 4.79 Å². The Morgan fingerprint density at radius 1 is 1.17 bits per heavy atom. The summed E-state index contributed by atoms with van der Waals surface area (Å²) in [5.74, 6) is 0. The highest BCUT2D eigenvalue weighted by molar-refractivity contribution is 6.30. The lowest BCUT2D eigenvalue weighted by atomic mass is 10.1. The van der Waals surface area contributed by atoms with E-state index in [1.54, 1.807) is 4.90 Å². The summed E-state index contributed by atoms with van der Waals surface area (Å²) < 4.78 is 0. The van der Waals surface area contributed by atoms with E-state index in [1.807, 2.05) is 55.5 Å². The van der Waals surface area contributed by atoms with Crippen molar-refractivity contribution in [2.75, 3.05) is 4.90 Å². The fraction of sp³-hybridized carbons (Fsp3) is 0.133. The van der Waals surface area contributed by atoms with E-state index in [0.717, 1.165) is 23.2 Å². The van der Waals surface area contributed by atoms with Crippen molar-refractivity contribution in [1.29, 1.82) is 0 Å². The van der Waals surface area contributed by atoms with Crippen molar-refractivity contribution in [3.8, 4) is 0 Å². The van der Waals surface area contributed by atoms with E-state index < -0.39 is 0 Å². The summed E-state index contributed by atoms with van der Waals surface area (Å²) in [6.07, 6.45) is 0.839. The van der Waals surface area contributed by atoms with Gasteiger partial charge in [0, 0.05) is 10.7 Å².